The highest BCUT2D eigenvalue weighted by Crippen LogP contribution is 2.11. The van der Waals surface area contributed by atoms with E-state index in [9.17, 15) is 4.79 Å². The topological polar surface area (TPSA) is 56.7 Å². The largest absolute Gasteiger partial charge is 0.357 e. The van der Waals surface area contributed by atoms with Crippen molar-refractivity contribution in [3.8, 4) is 0 Å². The van der Waals surface area contributed by atoms with Gasteiger partial charge in [0.2, 0.25) is 5.91 Å². The van der Waals surface area contributed by atoms with E-state index in [-0.39, 0.29) is 24.0 Å². The lowest BCUT2D eigenvalue weighted by molar-refractivity contribution is -0.130. The maximum Gasteiger partial charge on any atom is 0.222 e. The fraction of sp³-hybridized carbons (Fsp3) is 0.867. The van der Waals surface area contributed by atoms with Gasteiger partial charge in [-0.1, -0.05) is 6.42 Å². The molecule has 1 saturated heterocycles. The summed E-state index contributed by atoms with van der Waals surface area (Å²) >= 11 is 1.82. The molecule has 5 nitrogen and oxygen atoms in total. The van der Waals surface area contributed by atoms with Gasteiger partial charge in [-0.05, 0) is 32.4 Å². The van der Waals surface area contributed by atoms with Crippen LogP contribution >= 0.6 is 35.7 Å². The number of nitrogens with one attached hydrogen (secondary N) is 2. The van der Waals surface area contributed by atoms with Crippen molar-refractivity contribution in [2.24, 2.45) is 4.99 Å². The van der Waals surface area contributed by atoms with E-state index in [0.29, 0.717) is 5.91 Å². The van der Waals surface area contributed by atoms with Gasteiger partial charge in [0.05, 0.1) is 0 Å². The Morgan fingerprint density at radius 2 is 2.14 bits per heavy atom. The third kappa shape index (κ3) is 9.76. The molecule has 0 aromatic rings. The Hall–Kier alpha value is -0.180. The molecule has 0 saturated carbocycles. The van der Waals surface area contributed by atoms with E-state index in [1.165, 1.54) is 6.42 Å². The lowest BCUT2D eigenvalue weighted by atomic mass is 10.2. The molecule has 0 unspecified atom stereocenters. The molecule has 1 aliphatic rings. The Morgan fingerprint density at radius 1 is 1.32 bits per heavy atom. The molecule has 1 amide bonds. The Labute approximate surface area is 156 Å². The van der Waals surface area contributed by atoms with Gasteiger partial charge in [0.25, 0.3) is 0 Å². The lowest BCUT2D eigenvalue weighted by Crippen LogP contribution is -2.38. The summed E-state index contributed by atoms with van der Waals surface area (Å²) in [5.41, 5.74) is 0. The van der Waals surface area contributed by atoms with Gasteiger partial charge >= 0.3 is 0 Å². The molecule has 0 bridgehead atoms. The number of aliphatic imine (C=N–C) groups is 1. The fourth-order valence-electron chi connectivity index (χ4n) is 2.34. The second-order valence-corrected chi connectivity index (χ2v) is 6.21. The molecule has 130 valence electrons. The van der Waals surface area contributed by atoms with Crippen LogP contribution in [0.5, 0.6) is 0 Å². The second kappa shape index (κ2) is 14.4. The standard InChI is InChI=1S/C15H30N4OS.HI/c1-3-16-15(18-10-13-21-2)17-9-7-12-19-11-6-4-5-8-14(19)20;/h3-13H2,1-2H3,(H2,16,17,18);1H. The smallest absolute Gasteiger partial charge is 0.222 e. The van der Waals surface area contributed by atoms with E-state index in [1.807, 2.05) is 16.7 Å². The summed E-state index contributed by atoms with van der Waals surface area (Å²) in [6.45, 7) is 6.40. The van der Waals surface area contributed by atoms with E-state index in [4.69, 9.17) is 0 Å². The number of hydrogen-bond acceptors (Lipinski definition) is 3. The number of hydrogen-bond donors (Lipinski definition) is 2. The third-order valence-electron chi connectivity index (χ3n) is 3.47. The number of guanidine groups is 1. The van der Waals surface area contributed by atoms with Gasteiger partial charge in [-0.15, -0.1) is 24.0 Å². The van der Waals surface area contributed by atoms with Crippen molar-refractivity contribution < 1.29 is 4.79 Å². The predicted octanol–water partition coefficient (Wildman–Crippen LogP) is 2.32. The predicted molar refractivity (Wildman–Crippen MR) is 107 cm³/mol. The molecule has 1 aliphatic heterocycles. The van der Waals surface area contributed by atoms with Gasteiger partial charge in [0, 0.05) is 44.9 Å². The number of carbonyl (C=O) groups excluding carboxylic acids is 1. The first-order chi connectivity index (χ1) is 10.3. The highest BCUT2D eigenvalue weighted by molar-refractivity contribution is 14.0. The molecule has 0 aromatic heterocycles. The van der Waals surface area contributed by atoms with Crippen molar-refractivity contribution in [2.45, 2.75) is 39.0 Å². The number of nitrogens with zero attached hydrogens (tertiary/aromatic N) is 2. The number of carbonyl (C=O) groups is 1. The van der Waals surface area contributed by atoms with Gasteiger partial charge in [0.15, 0.2) is 5.96 Å². The normalized spacial score (nSPS) is 16.0. The lowest BCUT2D eigenvalue weighted by Gasteiger charge is -2.20. The van der Waals surface area contributed by atoms with Crippen LogP contribution in [-0.2, 0) is 4.79 Å². The molecule has 1 rings (SSSR count). The van der Waals surface area contributed by atoms with Crippen molar-refractivity contribution in [3.63, 3.8) is 0 Å². The molecule has 0 aromatic carbocycles. The molecular formula is C15H31IN4OS. The van der Waals surface area contributed by atoms with E-state index in [2.05, 4.69) is 28.8 Å². The van der Waals surface area contributed by atoms with Crippen molar-refractivity contribution in [2.75, 3.05) is 44.7 Å². The summed E-state index contributed by atoms with van der Waals surface area (Å²) in [4.78, 5) is 18.5. The van der Waals surface area contributed by atoms with Crippen LogP contribution in [0.3, 0.4) is 0 Å². The van der Waals surface area contributed by atoms with Crippen LogP contribution in [0.15, 0.2) is 4.99 Å². The van der Waals surface area contributed by atoms with Crippen molar-refractivity contribution in [1.29, 1.82) is 0 Å². The number of likely N-dealkylation sites (tertiary alicyclic amines) is 1. The van der Waals surface area contributed by atoms with Gasteiger partial charge in [-0.3, -0.25) is 9.79 Å². The number of amides is 1. The van der Waals surface area contributed by atoms with Crippen molar-refractivity contribution >= 4 is 47.6 Å². The molecule has 0 atom stereocenters. The quantitative estimate of drug-likeness (QED) is 0.262. The van der Waals surface area contributed by atoms with Gasteiger partial charge in [0.1, 0.15) is 0 Å². The van der Waals surface area contributed by atoms with Crippen LogP contribution in [0.25, 0.3) is 0 Å². The minimum atomic E-state index is 0. The summed E-state index contributed by atoms with van der Waals surface area (Å²) < 4.78 is 0. The molecule has 0 radical (unpaired) electrons. The highest BCUT2D eigenvalue weighted by Gasteiger charge is 2.15. The number of rotatable bonds is 8. The minimum Gasteiger partial charge on any atom is -0.357 e. The summed E-state index contributed by atoms with van der Waals surface area (Å²) in [6.07, 6.45) is 7.15. The highest BCUT2D eigenvalue weighted by atomic mass is 127. The van der Waals surface area contributed by atoms with Crippen LogP contribution in [0.4, 0.5) is 0 Å². The SMILES string of the molecule is CCNC(=NCCCN1CCCCCC1=O)NCCSC.I. The summed E-state index contributed by atoms with van der Waals surface area (Å²) in [5.74, 6) is 2.28. The van der Waals surface area contributed by atoms with Crippen molar-refractivity contribution in [1.82, 2.24) is 15.5 Å². The maximum absolute atomic E-state index is 11.9. The maximum atomic E-state index is 11.9. The Kier molecular flexibility index (Phi) is 14.3. The van der Waals surface area contributed by atoms with Crippen molar-refractivity contribution in [3.05, 3.63) is 0 Å². The Morgan fingerprint density at radius 3 is 2.86 bits per heavy atom. The van der Waals surface area contributed by atoms with Crippen LogP contribution in [0.2, 0.25) is 0 Å². The van der Waals surface area contributed by atoms with Gasteiger partial charge in [-0.2, -0.15) is 11.8 Å². The average molecular weight is 442 g/mol. The molecule has 7 heteroatoms. The summed E-state index contributed by atoms with van der Waals surface area (Å²) in [6, 6.07) is 0. The van der Waals surface area contributed by atoms with Crippen LogP contribution in [0.1, 0.15) is 39.0 Å². The fourth-order valence-corrected chi connectivity index (χ4v) is 2.65. The molecule has 2 N–H and O–H groups in total. The Bertz CT molecular complexity index is 329. The third-order valence-corrected chi connectivity index (χ3v) is 4.08. The average Bonchev–Trinajstić information content (AvgIpc) is 2.68. The van der Waals surface area contributed by atoms with E-state index >= 15 is 0 Å². The molecule has 1 heterocycles. The van der Waals surface area contributed by atoms with E-state index in [0.717, 1.165) is 70.1 Å². The zero-order chi connectivity index (χ0) is 15.3. The van der Waals surface area contributed by atoms with Crippen LogP contribution < -0.4 is 10.6 Å². The molecule has 0 aliphatic carbocycles. The van der Waals surface area contributed by atoms with Gasteiger partial charge < -0.3 is 15.5 Å². The number of halogens is 1. The first kappa shape index (κ1) is 21.8. The van der Waals surface area contributed by atoms with Gasteiger partial charge in [-0.25, -0.2) is 0 Å². The first-order valence-corrected chi connectivity index (χ1v) is 9.46. The first-order valence-electron chi connectivity index (χ1n) is 8.06. The Balaban J connectivity index is 0.00000441. The second-order valence-electron chi connectivity index (χ2n) is 5.23. The van der Waals surface area contributed by atoms with Crippen LogP contribution in [-0.4, -0.2) is 61.5 Å². The number of thioether (sulfide) groups is 1. The molecule has 1 fully saturated rings. The van der Waals surface area contributed by atoms with E-state index < -0.39 is 0 Å². The van der Waals surface area contributed by atoms with Crippen LogP contribution in [0, 0.1) is 0 Å². The zero-order valence-electron chi connectivity index (χ0n) is 13.9. The molecular weight excluding hydrogens is 411 g/mol. The zero-order valence-corrected chi connectivity index (χ0v) is 17.0. The minimum absolute atomic E-state index is 0. The molecule has 0 spiro atoms. The monoisotopic (exact) mass is 442 g/mol. The molecule has 22 heavy (non-hydrogen) atoms. The summed E-state index contributed by atoms with van der Waals surface area (Å²) in [5, 5.41) is 6.56. The van der Waals surface area contributed by atoms with E-state index in [1.54, 1.807) is 0 Å². The summed E-state index contributed by atoms with van der Waals surface area (Å²) in [7, 11) is 0.